The van der Waals surface area contributed by atoms with Gasteiger partial charge in [-0.25, -0.2) is 4.79 Å². The second-order valence-corrected chi connectivity index (χ2v) is 10.4. The van der Waals surface area contributed by atoms with E-state index in [0.717, 1.165) is 18.7 Å². The molecule has 3 aromatic carbocycles. The fraction of sp³-hybridized carbons (Fsp3) is 0.312. The summed E-state index contributed by atoms with van der Waals surface area (Å²) >= 11 is 0. The number of nitrogens with one attached hydrogen (secondary N) is 1. The number of rotatable bonds is 10. The SMILES string of the molecule is CCOC(=O)c1ccc2c(c1)NC(=O)C2C(=Nc1ccc(N(CCCN(C)C)C(C)=O)cc1)c1ccc2c(c1)OCO2. The number of aliphatic imine (C=N–C) groups is 1. The van der Waals surface area contributed by atoms with E-state index in [1.165, 1.54) is 0 Å². The number of amides is 2. The van der Waals surface area contributed by atoms with Crippen LogP contribution in [0.2, 0.25) is 0 Å². The number of ether oxygens (including phenoxy) is 3. The molecule has 2 amide bonds. The molecule has 2 aliphatic heterocycles. The first-order valence-corrected chi connectivity index (χ1v) is 13.9. The Kier molecular flexibility index (Phi) is 8.53. The molecule has 10 heteroatoms. The van der Waals surface area contributed by atoms with E-state index < -0.39 is 11.9 Å². The second kappa shape index (κ2) is 12.4. The molecule has 10 nitrogen and oxygen atoms in total. The molecule has 2 aliphatic rings. The third-order valence-corrected chi connectivity index (χ3v) is 7.12. The fourth-order valence-electron chi connectivity index (χ4n) is 5.09. The van der Waals surface area contributed by atoms with Crippen LogP contribution >= 0.6 is 0 Å². The lowest BCUT2D eigenvalue weighted by Crippen LogP contribution is -2.31. The molecule has 1 atom stereocenters. The summed E-state index contributed by atoms with van der Waals surface area (Å²) < 4.78 is 16.2. The molecule has 0 saturated heterocycles. The highest BCUT2D eigenvalue weighted by molar-refractivity contribution is 6.24. The highest BCUT2D eigenvalue weighted by Gasteiger charge is 2.36. The van der Waals surface area contributed by atoms with Gasteiger partial charge in [0.1, 0.15) is 5.92 Å². The monoisotopic (exact) mass is 570 g/mol. The zero-order valence-corrected chi connectivity index (χ0v) is 24.2. The first-order valence-electron chi connectivity index (χ1n) is 13.9. The van der Waals surface area contributed by atoms with Crippen LogP contribution in [0.15, 0.2) is 65.7 Å². The van der Waals surface area contributed by atoms with E-state index in [1.807, 2.05) is 50.5 Å². The van der Waals surface area contributed by atoms with Crippen molar-refractivity contribution < 1.29 is 28.6 Å². The molecule has 218 valence electrons. The van der Waals surface area contributed by atoms with E-state index in [1.54, 1.807) is 43.0 Å². The zero-order chi connectivity index (χ0) is 29.8. The van der Waals surface area contributed by atoms with Crippen molar-refractivity contribution in [2.75, 3.05) is 50.8 Å². The molecule has 5 rings (SSSR count). The number of benzene rings is 3. The fourth-order valence-corrected chi connectivity index (χ4v) is 5.09. The summed E-state index contributed by atoms with van der Waals surface area (Å²) in [5.41, 5.74) is 4.19. The quantitative estimate of drug-likeness (QED) is 0.277. The molecule has 0 aliphatic carbocycles. The van der Waals surface area contributed by atoms with Crippen LogP contribution in [0.3, 0.4) is 0 Å². The van der Waals surface area contributed by atoms with Gasteiger partial charge in [-0.05, 0) is 94.1 Å². The van der Waals surface area contributed by atoms with Crippen molar-refractivity contribution in [1.29, 1.82) is 0 Å². The Morgan fingerprint density at radius 1 is 0.976 bits per heavy atom. The zero-order valence-electron chi connectivity index (χ0n) is 24.2. The van der Waals surface area contributed by atoms with Gasteiger partial charge in [-0.1, -0.05) is 6.07 Å². The van der Waals surface area contributed by atoms with E-state index in [0.29, 0.717) is 51.8 Å². The number of anilines is 2. The minimum atomic E-state index is -0.740. The van der Waals surface area contributed by atoms with Crippen LogP contribution in [0.25, 0.3) is 0 Å². The van der Waals surface area contributed by atoms with Gasteiger partial charge >= 0.3 is 5.97 Å². The maximum atomic E-state index is 13.4. The molecule has 3 aromatic rings. The number of hydrogen-bond acceptors (Lipinski definition) is 8. The summed E-state index contributed by atoms with van der Waals surface area (Å²) in [7, 11) is 4.01. The molecule has 0 bridgehead atoms. The maximum Gasteiger partial charge on any atom is 0.338 e. The third-order valence-electron chi connectivity index (χ3n) is 7.12. The molecule has 0 fully saturated rings. The maximum absolute atomic E-state index is 13.4. The van der Waals surface area contributed by atoms with Gasteiger partial charge in [-0.15, -0.1) is 0 Å². The lowest BCUT2D eigenvalue weighted by molar-refractivity contribution is -0.117. The first kappa shape index (κ1) is 28.8. The smallest absolute Gasteiger partial charge is 0.338 e. The topological polar surface area (TPSA) is 110 Å². The molecule has 0 radical (unpaired) electrons. The number of carbonyl (C=O) groups excluding carboxylic acids is 3. The molecule has 0 saturated carbocycles. The normalized spacial score (nSPS) is 15.4. The molecule has 2 heterocycles. The Labute approximate surface area is 244 Å². The van der Waals surface area contributed by atoms with Crippen LogP contribution in [0.5, 0.6) is 11.5 Å². The van der Waals surface area contributed by atoms with Gasteiger partial charge in [-0.3, -0.25) is 14.6 Å². The molecule has 1 N–H and O–H groups in total. The number of nitrogens with zero attached hydrogens (tertiary/aromatic N) is 3. The van der Waals surface area contributed by atoms with Gasteiger partial charge in [-0.2, -0.15) is 0 Å². The van der Waals surface area contributed by atoms with Gasteiger partial charge < -0.3 is 29.3 Å². The van der Waals surface area contributed by atoms with Crippen molar-refractivity contribution in [2.24, 2.45) is 4.99 Å². The van der Waals surface area contributed by atoms with Crippen LogP contribution in [-0.4, -0.2) is 69.0 Å². The molecule has 42 heavy (non-hydrogen) atoms. The van der Waals surface area contributed by atoms with E-state index in [9.17, 15) is 14.4 Å². The minimum absolute atomic E-state index is 0.0347. The van der Waals surface area contributed by atoms with E-state index in [-0.39, 0.29) is 25.2 Å². The number of hydrogen-bond donors (Lipinski definition) is 1. The molecule has 0 aromatic heterocycles. The number of esters is 1. The van der Waals surface area contributed by atoms with Gasteiger partial charge in [0, 0.05) is 30.4 Å². The summed E-state index contributed by atoms with van der Waals surface area (Å²) in [6, 6.07) is 17.9. The third kappa shape index (κ3) is 6.13. The second-order valence-electron chi connectivity index (χ2n) is 10.4. The summed E-state index contributed by atoms with van der Waals surface area (Å²) in [4.78, 5) is 46.9. The van der Waals surface area contributed by atoms with Crippen molar-refractivity contribution in [3.05, 3.63) is 77.4 Å². The summed E-state index contributed by atoms with van der Waals surface area (Å²) in [5, 5.41) is 2.91. The molecular formula is C32H34N4O6. The average molecular weight is 571 g/mol. The Morgan fingerprint density at radius 3 is 2.43 bits per heavy atom. The van der Waals surface area contributed by atoms with Crippen LogP contribution in [0, 0.1) is 0 Å². The highest BCUT2D eigenvalue weighted by atomic mass is 16.7. The molecule has 0 spiro atoms. The van der Waals surface area contributed by atoms with Crippen LogP contribution < -0.4 is 19.7 Å². The molecular weight excluding hydrogens is 536 g/mol. The lowest BCUT2D eigenvalue weighted by Gasteiger charge is -2.22. The number of carbonyl (C=O) groups is 3. The predicted molar refractivity (Wildman–Crippen MR) is 160 cm³/mol. The van der Waals surface area contributed by atoms with Crippen LogP contribution in [0.4, 0.5) is 17.1 Å². The lowest BCUT2D eigenvalue weighted by atomic mass is 9.90. The Hall–Kier alpha value is -4.70. The molecule has 1 unspecified atom stereocenters. The van der Waals surface area contributed by atoms with E-state index >= 15 is 0 Å². The summed E-state index contributed by atoms with van der Waals surface area (Å²) in [5.74, 6) is -0.298. The Morgan fingerprint density at radius 2 is 1.71 bits per heavy atom. The van der Waals surface area contributed by atoms with Crippen molar-refractivity contribution in [3.8, 4) is 11.5 Å². The predicted octanol–water partition coefficient (Wildman–Crippen LogP) is 4.75. The minimum Gasteiger partial charge on any atom is -0.462 e. The highest BCUT2D eigenvalue weighted by Crippen LogP contribution is 2.40. The first-order chi connectivity index (χ1) is 20.2. The van der Waals surface area contributed by atoms with Crippen molar-refractivity contribution in [1.82, 2.24) is 4.90 Å². The standard InChI is InChI=1S/C32H34N4O6/c1-5-40-32(39)22-7-13-25-26(17-22)34-31(38)29(25)30(21-8-14-27-28(18-21)42-19-41-27)33-23-9-11-24(12-10-23)36(20(2)37)16-6-15-35(3)4/h7-14,17-18,29H,5-6,15-16,19H2,1-4H3,(H,34,38). The average Bonchev–Trinajstić information content (AvgIpc) is 3.57. The van der Waals surface area contributed by atoms with Gasteiger partial charge in [0.15, 0.2) is 11.5 Å². The number of fused-ring (bicyclic) bond motifs is 2. The van der Waals surface area contributed by atoms with Crippen molar-refractivity contribution >= 4 is 40.6 Å². The van der Waals surface area contributed by atoms with Crippen molar-refractivity contribution in [2.45, 2.75) is 26.2 Å². The van der Waals surface area contributed by atoms with Crippen molar-refractivity contribution in [3.63, 3.8) is 0 Å². The van der Waals surface area contributed by atoms with E-state index in [4.69, 9.17) is 19.2 Å². The van der Waals surface area contributed by atoms with Crippen LogP contribution in [0.1, 0.15) is 47.7 Å². The largest absolute Gasteiger partial charge is 0.462 e. The Balaban J connectivity index is 1.51. The summed E-state index contributed by atoms with van der Waals surface area (Å²) in [6.07, 6.45) is 0.842. The van der Waals surface area contributed by atoms with E-state index in [2.05, 4.69) is 10.2 Å². The Bertz CT molecular complexity index is 1530. The van der Waals surface area contributed by atoms with Gasteiger partial charge in [0.2, 0.25) is 18.6 Å². The van der Waals surface area contributed by atoms with Crippen LogP contribution in [-0.2, 0) is 14.3 Å². The van der Waals surface area contributed by atoms with Gasteiger partial charge in [0.05, 0.1) is 23.6 Å². The summed E-state index contributed by atoms with van der Waals surface area (Å²) in [6.45, 7) is 5.15. The van der Waals surface area contributed by atoms with Gasteiger partial charge in [0.25, 0.3) is 0 Å².